The first kappa shape index (κ1) is 33.0. The molecule has 3 saturated heterocycles. The van der Waals surface area contributed by atoms with Crippen molar-refractivity contribution < 1.29 is 61.4 Å². The zero-order valence-corrected chi connectivity index (χ0v) is 26.0. The Morgan fingerprint density at radius 3 is 2.40 bits per heavy atom. The van der Waals surface area contributed by atoms with Gasteiger partial charge in [-0.05, 0) is 0 Å². The van der Waals surface area contributed by atoms with Crippen LogP contribution in [0.15, 0.2) is 23.8 Å². The van der Waals surface area contributed by atoms with Crippen molar-refractivity contribution in [2.75, 3.05) is 37.9 Å². The minimum Gasteiger partial charge on any atom is -0.394 e. The molecular formula is C22H28N10O14P2. The molecule has 6 unspecified atom stereocenters. The van der Waals surface area contributed by atoms with E-state index in [4.69, 9.17) is 43.6 Å². The number of imidazole rings is 2. The van der Waals surface area contributed by atoms with E-state index in [1.807, 2.05) is 0 Å². The summed E-state index contributed by atoms with van der Waals surface area (Å²) in [5, 5.41) is 31.9. The number of nitrogens with zero attached hydrogens (tertiary/aromatic N) is 7. The number of aliphatic hydroxyl groups excluding tert-OH is 3. The average molecular weight is 718 g/mol. The summed E-state index contributed by atoms with van der Waals surface area (Å²) in [7, 11) is -9.90. The van der Waals surface area contributed by atoms with E-state index in [2.05, 4.69) is 29.9 Å². The van der Waals surface area contributed by atoms with Crippen LogP contribution in [0.5, 0.6) is 0 Å². The summed E-state index contributed by atoms with van der Waals surface area (Å²) in [6.45, 7) is -2.78. The van der Waals surface area contributed by atoms with E-state index in [-0.39, 0.29) is 34.1 Å². The van der Waals surface area contributed by atoms with E-state index in [0.29, 0.717) is 0 Å². The average Bonchev–Trinajstić information content (AvgIpc) is 3.80. The van der Waals surface area contributed by atoms with Crippen molar-refractivity contribution >= 4 is 49.7 Å². The number of rotatable bonds is 5. The lowest BCUT2D eigenvalue weighted by Gasteiger charge is -2.27. The molecule has 0 aliphatic carbocycles. The van der Waals surface area contributed by atoms with Crippen molar-refractivity contribution in [1.29, 1.82) is 0 Å². The van der Waals surface area contributed by atoms with Gasteiger partial charge in [-0.1, -0.05) is 0 Å². The van der Waals surface area contributed by atoms with E-state index >= 15 is 0 Å². The number of hydrogen-bond acceptors (Lipinski definition) is 20. The van der Waals surface area contributed by atoms with Gasteiger partial charge in [0.25, 0.3) is 5.56 Å². The smallest absolute Gasteiger partial charge is 0.394 e. The molecule has 7 rings (SSSR count). The van der Waals surface area contributed by atoms with E-state index in [1.165, 1.54) is 10.9 Å². The highest BCUT2D eigenvalue weighted by molar-refractivity contribution is 7.48. The molecular weight excluding hydrogens is 690 g/mol. The summed E-state index contributed by atoms with van der Waals surface area (Å²) in [6.07, 6.45) is -9.05. The lowest BCUT2D eigenvalue weighted by atomic mass is 10.1. The van der Waals surface area contributed by atoms with Crippen molar-refractivity contribution in [2.45, 2.75) is 49.1 Å². The van der Waals surface area contributed by atoms with Crippen LogP contribution in [-0.4, -0.2) is 122 Å². The first-order chi connectivity index (χ1) is 22.9. The van der Waals surface area contributed by atoms with E-state index in [9.17, 15) is 34.1 Å². The molecule has 0 spiro atoms. The number of aromatic nitrogens is 8. The van der Waals surface area contributed by atoms with Crippen LogP contribution < -0.4 is 17.0 Å². The molecule has 3 aliphatic heterocycles. The molecule has 0 saturated carbocycles. The fourth-order valence-corrected chi connectivity index (χ4v) is 7.83. The molecule has 4 aromatic heterocycles. The van der Waals surface area contributed by atoms with Crippen LogP contribution in [0.3, 0.4) is 0 Å². The number of phosphoric ester groups is 2. The van der Waals surface area contributed by atoms with E-state index in [1.54, 1.807) is 0 Å². The number of nitrogens with one attached hydrogen (secondary N) is 1. The third kappa shape index (κ3) is 5.89. The summed E-state index contributed by atoms with van der Waals surface area (Å²) in [5.41, 5.74) is 10.9. The van der Waals surface area contributed by atoms with Crippen LogP contribution in [-0.2, 0) is 41.2 Å². The van der Waals surface area contributed by atoms with Crippen LogP contribution in [0.1, 0.15) is 12.5 Å². The maximum absolute atomic E-state index is 14.1. The van der Waals surface area contributed by atoms with Gasteiger partial charge in [-0.2, -0.15) is 4.98 Å². The molecule has 3 fully saturated rings. The number of nitrogen functional groups attached to an aromatic ring is 2. The second-order valence-corrected chi connectivity index (χ2v) is 13.7. The summed E-state index contributed by atoms with van der Waals surface area (Å²) in [5.74, 6) is -0.245. The maximum atomic E-state index is 14.1. The van der Waals surface area contributed by atoms with Gasteiger partial charge in [-0.3, -0.25) is 41.5 Å². The summed E-state index contributed by atoms with van der Waals surface area (Å²) in [6, 6.07) is 0. The maximum Gasteiger partial charge on any atom is 0.475 e. The quantitative estimate of drug-likeness (QED) is 0.106. The van der Waals surface area contributed by atoms with E-state index < -0.39 is 96.7 Å². The number of hydrogen-bond donors (Lipinski definition) is 7. The van der Waals surface area contributed by atoms with Crippen molar-refractivity contribution in [2.24, 2.45) is 0 Å². The Morgan fingerprint density at radius 1 is 0.917 bits per heavy atom. The Morgan fingerprint density at radius 2 is 1.62 bits per heavy atom. The van der Waals surface area contributed by atoms with Gasteiger partial charge in [0.2, 0.25) is 5.95 Å². The highest BCUT2D eigenvalue weighted by Crippen LogP contribution is 2.56. The zero-order chi connectivity index (χ0) is 34.0. The third-order valence-electron chi connectivity index (χ3n) is 7.65. The Balaban J connectivity index is 1.24. The Kier molecular flexibility index (Phi) is 8.56. The third-order valence-corrected chi connectivity index (χ3v) is 10.1. The standard InChI is InChI=1S/C22H28N10O14P2/c23-16-10-17(26-5-25-16)31(6-27-10)20-13(35)14-9(44-20)4-42-48(39,40-2-1-33)46-15-12(34)8(3-41-47(37,38)45-14)43-21(15)32-7-28-11-18(32)29-22(24)30-19(11)36/h5-9,12-15,20-21,33-35H,1-4H2,(H,37,38)(H2,23,25,26)(H3,24,29,30,36)/t8-,9-,12?,13?,14?,15?,20-,21-,48?/m1/s1. The Bertz CT molecular complexity index is 1990. The summed E-state index contributed by atoms with van der Waals surface area (Å²) >= 11 is 0. The van der Waals surface area contributed by atoms with Crippen molar-refractivity contribution in [3.8, 4) is 0 Å². The molecule has 10 atom stereocenters. The lowest BCUT2D eigenvalue weighted by molar-refractivity contribution is -0.0698. The van der Waals surface area contributed by atoms with Crippen molar-refractivity contribution in [3.63, 3.8) is 0 Å². The van der Waals surface area contributed by atoms with E-state index in [0.717, 1.165) is 17.2 Å². The number of aromatic amines is 1. The molecule has 0 aromatic carbocycles. The molecule has 0 radical (unpaired) electrons. The molecule has 2 bridgehead atoms. The van der Waals surface area contributed by atoms with Gasteiger partial charge in [0.15, 0.2) is 35.1 Å². The number of anilines is 2. The molecule has 24 nitrogen and oxygen atoms in total. The molecule has 3 aliphatic rings. The summed E-state index contributed by atoms with van der Waals surface area (Å²) in [4.78, 5) is 45.5. The number of ether oxygens (including phenoxy) is 2. The number of H-pyrrole nitrogens is 1. The number of nitrogens with two attached hydrogens (primary N) is 2. The minimum atomic E-state index is -5.08. The van der Waals surface area contributed by atoms with Crippen LogP contribution >= 0.6 is 15.6 Å². The normalized spacial score (nSPS) is 36.1. The highest BCUT2D eigenvalue weighted by atomic mass is 31.2. The molecule has 48 heavy (non-hydrogen) atoms. The fraction of sp³-hybridized carbons (Fsp3) is 0.545. The topological polar surface area (TPSA) is 339 Å². The lowest BCUT2D eigenvalue weighted by Crippen LogP contribution is -2.36. The van der Waals surface area contributed by atoms with Gasteiger partial charge in [0, 0.05) is 0 Å². The van der Waals surface area contributed by atoms with Crippen LogP contribution in [0.2, 0.25) is 0 Å². The van der Waals surface area contributed by atoms with Gasteiger partial charge in [-0.15, -0.1) is 0 Å². The zero-order valence-electron chi connectivity index (χ0n) is 24.2. The molecule has 260 valence electrons. The monoisotopic (exact) mass is 718 g/mol. The highest BCUT2D eigenvalue weighted by Gasteiger charge is 2.54. The number of aliphatic hydroxyl groups is 3. The van der Waals surface area contributed by atoms with Gasteiger partial charge in [0.05, 0.1) is 39.1 Å². The first-order valence-corrected chi connectivity index (χ1v) is 17.0. The molecule has 7 heterocycles. The van der Waals surface area contributed by atoms with Crippen molar-refractivity contribution in [1.82, 2.24) is 39.0 Å². The van der Waals surface area contributed by atoms with Crippen LogP contribution in [0.4, 0.5) is 11.8 Å². The molecule has 4 aromatic rings. The van der Waals surface area contributed by atoms with Crippen LogP contribution in [0, 0.1) is 0 Å². The second kappa shape index (κ2) is 12.4. The number of fused-ring (bicyclic) bond motifs is 5. The molecule has 0 amide bonds. The van der Waals surface area contributed by atoms with Gasteiger partial charge >= 0.3 is 15.6 Å². The minimum absolute atomic E-state index is 0.0350. The number of phosphoric acid groups is 2. The second-order valence-electron chi connectivity index (χ2n) is 10.7. The van der Waals surface area contributed by atoms with Crippen LogP contribution in [0.25, 0.3) is 22.3 Å². The van der Waals surface area contributed by atoms with Crippen molar-refractivity contribution in [3.05, 3.63) is 29.3 Å². The molecule has 9 N–H and O–H groups in total. The SMILES string of the molecule is Nc1nc2c(ncn2[C@@H]2O[C@@H]3COP(=O)(O)OC4C(O)[C@H](n5cnc6c(N)ncnc65)O[C@@H]4COP(=O)(OCCO)OC2C3O)c(=O)[nH]1. The molecule has 26 heteroatoms. The summed E-state index contributed by atoms with van der Waals surface area (Å²) < 4.78 is 68.6. The van der Waals surface area contributed by atoms with Gasteiger partial charge in [0.1, 0.15) is 48.5 Å². The Hall–Kier alpha value is -3.48. The first-order valence-electron chi connectivity index (χ1n) is 14.0. The predicted molar refractivity (Wildman–Crippen MR) is 154 cm³/mol. The van der Waals surface area contributed by atoms with Gasteiger partial charge < -0.3 is 41.2 Å². The largest absolute Gasteiger partial charge is 0.475 e. The predicted octanol–water partition coefficient (Wildman–Crippen LogP) is -2.32. The fourth-order valence-electron chi connectivity index (χ4n) is 5.51. The van der Waals surface area contributed by atoms with Gasteiger partial charge in [-0.25, -0.2) is 29.1 Å². The Labute approximate surface area is 266 Å².